The number of hydrogen-bond donors (Lipinski definition) is 0. The molecule has 0 radical (unpaired) electrons. The van der Waals surface area contributed by atoms with Crippen LogP contribution in [0, 0.1) is 0 Å². The Kier molecular flexibility index (Phi) is 7.20. The van der Waals surface area contributed by atoms with Crippen molar-refractivity contribution in [3.63, 3.8) is 0 Å². The van der Waals surface area contributed by atoms with Crippen molar-refractivity contribution in [3.05, 3.63) is 71.8 Å². The van der Waals surface area contributed by atoms with E-state index in [1.54, 1.807) is 4.31 Å². The molecule has 162 valence electrons. The highest BCUT2D eigenvalue weighted by Crippen LogP contribution is 2.24. The van der Waals surface area contributed by atoms with Crippen LogP contribution in [0.2, 0.25) is 0 Å². The predicted octanol–water partition coefficient (Wildman–Crippen LogP) is 3.66. The lowest BCUT2D eigenvalue weighted by Gasteiger charge is -2.36. The Morgan fingerprint density at radius 2 is 1.23 bits per heavy atom. The molecule has 2 saturated heterocycles. The van der Waals surface area contributed by atoms with Gasteiger partial charge in [0.2, 0.25) is 10.0 Å². The molecule has 0 spiro atoms. The molecule has 6 heteroatoms. The summed E-state index contributed by atoms with van der Waals surface area (Å²) in [6.07, 6.45) is 4.17. The van der Waals surface area contributed by atoms with E-state index in [2.05, 4.69) is 35.2 Å². The molecule has 5 nitrogen and oxygen atoms in total. The van der Waals surface area contributed by atoms with Crippen LogP contribution in [0.3, 0.4) is 0 Å². The van der Waals surface area contributed by atoms with Gasteiger partial charge in [-0.2, -0.15) is 0 Å². The van der Waals surface area contributed by atoms with Crippen molar-refractivity contribution in [2.75, 3.05) is 26.2 Å². The molecule has 2 fully saturated rings. The second-order valence-corrected chi connectivity index (χ2v) is 10.4. The summed E-state index contributed by atoms with van der Waals surface area (Å²) >= 11 is 0. The molecule has 4 rings (SSSR count). The van der Waals surface area contributed by atoms with Crippen LogP contribution in [0.1, 0.15) is 36.8 Å². The highest BCUT2D eigenvalue weighted by atomic mass is 32.2. The Bertz CT molecular complexity index is 873. The van der Waals surface area contributed by atoms with Crippen LogP contribution < -0.4 is 0 Å². The van der Waals surface area contributed by atoms with Gasteiger partial charge < -0.3 is 4.74 Å². The summed E-state index contributed by atoms with van der Waals surface area (Å²) in [4.78, 5) is 2.49. The second-order valence-electron chi connectivity index (χ2n) is 8.44. The minimum Gasteiger partial charge on any atom is -0.375 e. The minimum absolute atomic E-state index is 0.0826. The van der Waals surface area contributed by atoms with Crippen LogP contribution >= 0.6 is 0 Å². The van der Waals surface area contributed by atoms with E-state index in [0.29, 0.717) is 19.2 Å². The predicted molar refractivity (Wildman–Crippen MR) is 119 cm³/mol. The average Bonchev–Trinajstić information content (AvgIpc) is 2.77. The zero-order valence-corrected chi connectivity index (χ0v) is 18.3. The van der Waals surface area contributed by atoms with Crippen molar-refractivity contribution < 1.29 is 13.2 Å². The van der Waals surface area contributed by atoms with E-state index in [9.17, 15) is 8.42 Å². The fourth-order valence-corrected chi connectivity index (χ4v) is 6.00. The largest absolute Gasteiger partial charge is 0.375 e. The first-order valence-corrected chi connectivity index (χ1v) is 12.6. The first-order valence-electron chi connectivity index (χ1n) is 11.0. The van der Waals surface area contributed by atoms with E-state index >= 15 is 0 Å². The summed E-state index contributed by atoms with van der Waals surface area (Å²) in [7, 11) is -3.26. The summed E-state index contributed by atoms with van der Waals surface area (Å²) in [5.74, 6) is 0.0826. The molecule has 2 aromatic rings. The van der Waals surface area contributed by atoms with E-state index in [1.165, 1.54) is 5.56 Å². The van der Waals surface area contributed by atoms with Gasteiger partial charge in [0.15, 0.2) is 0 Å². The first kappa shape index (κ1) is 21.5. The lowest BCUT2D eigenvalue weighted by Crippen LogP contribution is -2.44. The fraction of sp³-hybridized carbons (Fsp3) is 0.500. The number of likely N-dealkylation sites (tertiary alicyclic amines) is 1. The molecule has 0 N–H and O–H groups in total. The molecular formula is C24H32N2O3S. The van der Waals surface area contributed by atoms with Crippen LogP contribution in [0.5, 0.6) is 0 Å². The molecule has 0 bridgehead atoms. The topological polar surface area (TPSA) is 49.9 Å². The number of nitrogens with zero attached hydrogens (tertiary/aromatic N) is 2. The standard InChI is InChI=1S/C24H32N2O3S/c27-30(28,20-22-9-5-2-6-10-22)26-17-13-24(14-18-26)29-23-11-15-25(16-12-23)19-21-7-3-1-4-8-21/h1-10,23-24H,11-20H2. The summed E-state index contributed by atoms with van der Waals surface area (Å²) in [5, 5.41) is 0. The molecule has 0 aromatic heterocycles. The zero-order chi connectivity index (χ0) is 20.8. The highest BCUT2D eigenvalue weighted by molar-refractivity contribution is 7.88. The third-order valence-electron chi connectivity index (χ3n) is 6.15. The van der Waals surface area contributed by atoms with Crippen LogP contribution in [-0.2, 0) is 27.1 Å². The van der Waals surface area contributed by atoms with Crippen molar-refractivity contribution in [1.29, 1.82) is 0 Å². The van der Waals surface area contributed by atoms with Crippen LogP contribution in [0.4, 0.5) is 0 Å². The molecule has 0 aliphatic carbocycles. The van der Waals surface area contributed by atoms with Gasteiger partial charge in [-0.3, -0.25) is 4.90 Å². The quantitative estimate of drug-likeness (QED) is 0.675. The van der Waals surface area contributed by atoms with Crippen LogP contribution in [0.15, 0.2) is 60.7 Å². The van der Waals surface area contributed by atoms with Crippen molar-refractivity contribution in [3.8, 4) is 0 Å². The number of benzene rings is 2. The first-order chi connectivity index (χ1) is 14.6. The number of hydrogen-bond acceptors (Lipinski definition) is 4. The highest BCUT2D eigenvalue weighted by Gasteiger charge is 2.30. The van der Waals surface area contributed by atoms with Gasteiger partial charge in [-0.15, -0.1) is 0 Å². The Balaban J connectivity index is 1.19. The van der Waals surface area contributed by atoms with Gasteiger partial charge in [0, 0.05) is 32.7 Å². The molecular weight excluding hydrogens is 396 g/mol. The average molecular weight is 429 g/mol. The Hall–Kier alpha value is -1.73. The maximum atomic E-state index is 12.7. The van der Waals surface area contributed by atoms with Gasteiger partial charge in [-0.1, -0.05) is 60.7 Å². The van der Waals surface area contributed by atoms with Gasteiger partial charge in [0.25, 0.3) is 0 Å². The minimum atomic E-state index is -3.26. The van der Waals surface area contributed by atoms with E-state index in [0.717, 1.165) is 50.9 Å². The lowest BCUT2D eigenvalue weighted by molar-refractivity contribution is -0.0595. The number of sulfonamides is 1. The molecule has 0 unspecified atom stereocenters. The SMILES string of the molecule is O=S(=O)(Cc1ccccc1)N1CCC(OC2CCN(Cc3ccccc3)CC2)CC1. The maximum absolute atomic E-state index is 12.7. The molecule has 0 saturated carbocycles. The Morgan fingerprint density at radius 3 is 1.80 bits per heavy atom. The molecule has 2 heterocycles. The molecule has 2 aromatic carbocycles. The Morgan fingerprint density at radius 1 is 0.733 bits per heavy atom. The number of rotatable bonds is 7. The summed E-state index contributed by atoms with van der Waals surface area (Å²) in [5.41, 5.74) is 2.21. The van der Waals surface area contributed by atoms with E-state index in [1.807, 2.05) is 30.3 Å². The van der Waals surface area contributed by atoms with Gasteiger partial charge in [0.1, 0.15) is 0 Å². The second kappa shape index (κ2) is 10.1. The van der Waals surface area contributed by atoms with Crippen LogP contribution in [0.25, 0.3) is 0 Å². The summed E-state index contributed by atoms with van der Waals surface area (Å²) < 4.78 is 33.4. The third kappa shape index (κ3) is 5.91. The lowest BCUT2D eigenvalue weighted by atomic mass is 10.0. The van der Waals surface area contributed by atoms with Gasteiger partial charge in [0.05, 0.1) is 18.0 Å². The molecule has 2 aliphatic heterocycles. The summed E-state index contributed by atoms with van der Waals surface area (Å²) in [6.45, 7) is 4.25. The fourth-order valence-electron chi connectivity index (χ4n) is 4.44. The molecule has 0 amide bonds. The molecule has 0 atom stereocenters. The number of ether oxygens (including phenoxy) is 1. The number of piperidine rings is 2. The molecule has 30 heavy (non-hydrogen) atoms. The maximum Gasteiger partial charge on any atom is 0.218 e. The van der Waals surface area contributed by atoms with Crippen molar-refractivity contribution in [1.82, 2.24) is 9.21 Å². The van der Waals surface area contributed by atoms with E-state index in [4.69, 9.17) is 4.74 Å². The monoisotopic (exact) mass is 428 g/mol. The van der Waals surface area contributed by atoms with Crippen molar-refractivity contribution in [2.45, 2.75) is 50.2 Å². The smallest absolute Gasteiger partial charge is 0.218 e. The third-order valence-corrected chi connectivity index (χ3v) is 8.00. The zero-order valence-electron chi connectivity index (χ0n) is 17.5. The van der Waals surface area contributed by atoms with Crippen molar-refractivity contribution in [2.24, 2.45) is 0 Å². The van der Waals surface area contributed by atoms with E-state index in [-0.39, 0.29) is 11.9 Å². The summed E-state index contributed by atoms with van der Waals surface area (Å²) in [6, 6.07) is 20.0. The normalized spacial score (nSPS) is 20.4. The van der Waals surface area contributed by atoms with Crippen LogP contribution in [-0.4, -0.2) is 56.0 Å². The van der Waals surface area contributed by atoms with E-state index < -0.39 is 10.0 Å². The van der Waals surface area contributed by atoms with Gasteiger partial charge in [-0.05, 0) is 36.8 Å². The van der Waals surface area contributed by atoms with Gasteiger partial charge >= 0.3 is 0 Å². The Labute approximate surface area is 180 Å². The van der Waals surface area contributed by atoms with Crippen molar-refractivity contribution >= 4 is 10.0 Å². The molecule has 2 aliphatic rings. The van der Waals surface area contributed by atoms with Gasteiger partial charge in [-0.25, -0.2) is 12.7 Å².